The van der Waals surface area contributed by atoms with Crippen LogP contribution in [0.25, 0.3) is 0 Å². The van der Waals surface area contributed by atoms with Gasteiger partial charge in [0.15, 0.2) is 13.0 Å². The first-order chi connectivity index (χ1) is 9.53. The molecule has 0 radical (unpaired) electrons. The molecule has 1 aromatic rings. The third-order valence-electron chi connectivity index (χ3n) is 1.95. The average molecular weight is 305 g/mol. The fraction of sp³-hybridized carbons (Fsp3) is 0.455. The standard InChI is InChI=1S/C11H17N2O6S/c1-3-17-19-12-8-11-6-4-5-7-13(11)9-16-10-18-20(2,14)15/h4-8H,3,9-10H2,1-2H3/q+1. The van der Waals surface area contributed by atoms with Crippen LogP contribution < -0.4 is 4.57 Å². The van der Waals surface area contributed by atoms with Crippen molar-refractivity contribution in [2.75, 3.05) is 19.7 Å². The molecule has 0 unspecified atom stereocenters. The van der Waals surface area contributed by atoms with Crippen LogP contribution >= 0.6 is 0 Å². The second-order valence-corrected chi connectivity index (χ2v) is 5.23. The lowest BCUT2D eigenvalue weighted by Crippen LogP contribution is -2.39. The van der Waals surface area contributed by atoms with E-state index in [-0.39, 0.29) is 13.5 Å². The predicted octanol–water partition coefficient (Wildman–Crippen LogP) is 0.184. The summed E-state index contributed by atoms with van der Waals surface area (Å²) >= 11 is 0. The Hall–Kier alpha value is -1.55. The molecule has 0 aromatic carbocycles. The van der Waals surface area contributed by atoms with Crippen LogP contribution in [-0.4, -0.2) is 34.3 Å². The van der Waals surface area contributed by atoms with Crippen LogP contribution in [0.1, 0.15) is 12.6 Å². The Morgan fingerprint density at radius 2 is 2.20 bits per heavy atom. The van der Waals surface area contributed by atoms with Crippen LogP contribution in [0.3, 0.4) is 0 Å². The highest BCUT2D eigenvalue weighted by molar-refractivity contribution is 7.85. The fourth-order valence-electron chi connectivity index (χ4n) is 1.14. The molecule has 0 amide bonds. The summed E-state index contributed by atoms with van der Waals surface area (Å²) in [6, 6.07) is 5.38. The summed E-state index contributed by atoms with van der Waals surface area (Å²) < 4.78 is 32.7. The molecule has 0 spiro atoms. The Balaban J connectivity index is 2.50. The third kappa shape index (κ3) is 7.14. The zero-order valence-corrected chi connectivity index (χ0v) is 12.1. The van der Waals surface area contributed by atoms with Crippen LogP contribution in [0.2, 0.25) is 0 Å². The lowest BCUT2D eigenvalue weighted by molar-refractivity contribution is -0.734. The maximum atomic E-state index is 10.8. The summed E-state index contributed by atoms with van der Waals surface area (Å²) in [5.41, 5.74) is 0.687. The van der Waals surface area contributed by atoms with Gasteiger partial charge in [0.1, 0.15) is 6.21 Å². The van der Waals surface area contributed by atoms with Gasteiger partial charge in [-0.1, -0.05) is 0 Å². The Morgan fingerprint density at radius 3 is 2.90 bits per heavy atom. The zero-order chi connectivity index (χ0) is 14.8. The number of ether oxygens (including phenoxy) is 1. The minimum atomic E-state index is -3.51. The second kappa shape index (κ2) is 8.59. The SMILES string of the molecule is CCOON=Cc1cccc[n+]1COCOS(C)(=O)=O. The molecule has 0 saturated carbocycles. The van der Waals surface area contributed by atoms with Crippen LogP contribution in [0.5, 0.6) is 0 Å². The number of hydrogen-bond donors (Lipinski definition) is 0. The fourth-order valence-corrected chi connectivity index (χ4v) is 1.38. The van der Waals surface area contributed by atoms with Crippen LogP contribution in [0.4, 0.5) is 0 Å². The summed E-state index contributed by atoms with van der Waals surface area (Å²) in [6.45, 7) is 1.91. The van der Waals surface area contributed by atoms with E-state index in [1.54, 1.807) is 29.8 Å². The number of nitrogens with zero attached hydrogens (tertiary/aromatic N) is 2. The number of rotatable bonds is 9. The van der Waals surface area contributed by atoms with E-state index in [2.05, 4.69) is 19.2 Å². The largest absolute Gasteiger partial charge is 0.295 e. The van der Waals surface area contributed by atoms with Gasteiger partial charge >= 0.3 is 0 Å². The molecule has 0 aliphatic carbocycles. The van der Waals surface area contributed by atoms with E-state index >= 15 is 0 Å². The second-order valence-electron chi connectivity index (χ2n) is 3.58. The molecule has 0 saturated heterocycles. The summed E-state index contributed by atoms with van der Waals surface area (Å²) in [6.07, 6.45) is 4.13. The molecule has 9 heteroatoms. The molecule has 112 valence electrons. The number of aromatic nitrogens is 1. The Bertz CT molecular complexity index is 531. The lowest BCUT2D eigenvalue weighted by Gasteiger charge is -2.02. The first-order valence-corrected chi connectivity index (χ1v) is 7.57. The summed E-state index contributed by atoms with van der Waals surface area (Å²) in [5, 5.41) is 3.61. The number of oxime groups is 1. The number of hydrogen-bond acceptors (Lipinski definition) is 7. The van der Waals surface area contributed by atoms with Crippen LogP contribution in [0.15, 0.2) is 29.6 Å². The molecule has 0 aliphatic rings. The predicted molar refractivity (Wildman–Crippen MR) is 68.8 cm³/mol. The highest BCUT2D eigenvalue weighted by Crippen LogP contribution is 1.91. The van der Waals surface area contributed by atoms with Crippen molar-refractivity contribution in [1.29, 1.82) is 0 Å². The normalized spacial score (nSPS) is 11.9. The van der Waals surface area contributed by atoms with Crippen molar-refractivity contribution in [3.05, 3.63) is 30.1 Å². The van der Waals surface area contributed by atoms with E-state index in [0.717, 1.165) is 6.26 Å². The smallest absolute Gasteiger partial charge is 0.266 e. The highest BCUT2D eigenvalue weighted by Gasteiger charge is 2.08. The summed E-state index contributed by atoms with van der Waals surface area (Å²) in [4.78, 5) is 9.13. The van der Waals surface area contributed by atoms with Gasteiger partial charge in [0.25, 0.3) is 16.8 Å². The molecular weight excluding hydrogens is 288 g/mol. The zero-order valence-electron chi connectivity index (χ0n) is 11.3. The number of pyridine rings is 1. The van der Waals surface area contributed by atoms with Crippen molar-refractivity contribution >= 4 is 16.3 Å². The maximum absolute atomic E-state index is 10.8. The molecule has 1 aromatic heterocycles. The van der Waals surface area contributed by atoms with Crippen LogP contribution in [-0.2, 0) is 35.6 Å². The first kappa shape index (κ1) is 16.5. The molecule has 8 nitrogen and oxygen atoms in total. The summed E-state index contributed by atoms with van der Waals surface area (Å²) in [7, 11) is -3.51. The van der Waals surface area contributed by atoms with Gasteiger partial charge in [-0.3, -0.25) is 4.74 Å². The first-order valence-electron chi connectivity index (χ1n) is 5.75. The van der Waals surface area contributed by atoms with Crippen LogP contribution in [0, 0.1) is 0 Å². The molecule has 0 fully saturated rings. The molecule has 0 bridgehead atoms. The Kier molecular flexibility index (Phi) is 7.09. The van der Waals surface area contributed by atoms with Crippen molar-refractivity contribution < 1.29 is 31.8 Å². The Morgan fingerprint density at radius 1 is 1.40 bits per heavy atom. The Labute approximate surface area is 117 Å². The van der Waals surface area contributed by atoms with E-state index in [1.165, 1.54) is 6.21 Å². The van der Waals surface area contributed by atoms with Gasteiger partial charge in [0.05, 0.1) is 12.9 Å². The topological polar surface area (TPSA) is 87.3 Å². The minimum absolute atomic E-state index is 0.104. The van der Waals surface area contributed by atoms with E-state index in [9.17, 15) is 8.42 Å². The van der Waals surface area contributed by atoms with Crippen molar-refractivity contribution in [3.63, 3.8) is 0 Å². The van der Waals surface area contributed by atoms with Gasteiger partial charge in [-0.15, -0.1) is 0 Å². The minimum Gasteiger partial charge on any atom is -0.295 e. The molecule has 0 atom stereocenters. The van der Waals surface area contributed by atoms with Crippen molar-refractivity contribution in [2.45, 2.75) is 13.7 Å². The quantitative estimate of drug-likeness (QED) is 0.123. The van der Waals surface area contributed by atoms with E-state index < -0.39 is 10.1 Å². The summed E-state index contributed by atoms with van der Waals surface area (Å²) in [5.74, 6) is 0. The van der Waals surface area contributed by atoms with E-state index in [0.29, 0.717) is 12.3 Å². The van der Waals surface area contributed by atoms with Gasteiger partial charge < -0.3 is 0 Å². The average Bonchev–Trinajstić information content (AvgIpc) is 2.40. The van der Waals surface area contributed by atoms with Crippen molar-refractivity contribution in [2.24, 2.45) is 5.16 Å². The lowest BCUT2D eigenvalue weighted by atomic mass is 10.3. The molecule has 1 heterocycles. The van der Waals surface area contributed by atoms with Gasteiger partial charge in [0.2, 0.25) is 5.69 Å². The third-order valence-corrected chi connectivity index (χ3v) is 2.47. The van der Waals surface area contributed by atoms with Crippen molar-refractivity contribution in [1.82, 2.24) is 0 Å². The van der Waals surface area contributed by atoms with Gasteiger partial charge in [-0.2, -0.15) is 17.9 Å². The monoisotopic (exact) mass is 305 g/mol. The molecule has 20 heavy (non-hydrogen) atoms. The molecule has 1 rings (SSSR count). The van der Waals surface area contributed by atoms with E-state index in [1.807, 2.05) is 6.07 Å². The van der Waals surface area contributed by atoms with Gasteiger partial charge in [-0.25, -0.2) is 9.17 Å². The molecule has 0 N–H and O–H groups in total. The molecular formula is C11H17N2O6S+. The highest BCUT2D eigenvalue weighted by atomic mass is 32.2. The van der Waals surface area contributed by atoms with Gasteiger partial charge in [-0.05, 0) is 18.1 Å². The molecule has 0 aliphatic heterocycles. The van der Waals surface area contributed by atoms with E-state index in [4.69, 9.17) is 4.74 Å². The van der Waals surface area contributed by atoms with Gasteiger partial charge in [0, 0.05) is 12.1 Å². The van der Waals surface area contributed by atoms with Crippen molar-refractivity contribution in [3.8, 4) is 0 Å². The maximum Gasteiger partial charge on any atom is 0.266 e.